The highest BCUT2D eigenvalue weighted by Crippen LogP contribution is 2.23. The second kappa shape index (κ2) is 4.90. The minimum absolute atomic E-state index is 0.0861. The lowest BCUT2D eigenvalue weighted by atomic mass is 9.97. The van der Waals surface area contributed by atoms with Crippen LogP contribution < -0.4 is 5.73 Å². The first-order valence-electron chi connectivity index (χ1n) is 5.86. The van der Waals surface area contributed by atoms with Crippen LogP contribution in [0.4, 0.5) is 5.69 Å². The molecule has 0 aliphatic carbocycles. The number of nitrogen functional groups attached to an aromatic ring is 1. The van der Waals surface area contributed by atoms with Crippen LogP contribution in [0.2, 0.25) is 0 Å². The zero-order valence-corrected chi connectivity index (χ0v) is 12.5. The number of anilines is 1. The van der Waals surface area contributed by atoms with Gasteiger partial charge in [-0.2, -0.15) is 0 Å². The summed E-state index contributed by atoms with van der Waals surface area (Å²) in [6.07, 6.45) is 0. The summed E-state index contributed by atoms with van der Waals surface area (Å²) < 4.78 is 26.1. The van der Waals surface area contributed by atoms with E-state index < -0.39 is 10.0 Å². The molecular weight excluding hydrogens is 248 g/mol. The van der Waals surface area contributed by atoms with E-state index in [1.807, 2.05) is 27.7 Å². The summed E-state index contributed by atoms with van der Waals surface area (Å²) >= 11 is 0. The topological polar surface area (TPSA) is 63.4 Å². The molecule has 0 aliphatic heterocycles. The Morgan fingerprint density at radius 2 is 1.78 bits per heavy atom. The van der Waals surface area contributed by atoms with Gasteiger partial charge < -0.3 is 5.73 Å². The molecule has 5 heteroatoms. The lowest BCUT2D eigenvalue weighted by molar-refractivity contribution is 0.311. The summed E-state index contributed by atoms with van der Waals surface area (Å²) in [5, 5.41) is 0. The number of nitrogens with two attached hydrogens (primary N) is 1. The van der Waals surface area contributed by atoms with E-state index in [9.17, 15) is 8.42 Å². The van der Waals surface area contributed by atoms with Crippen molar-refractivity contribution in [2.75, 3.05) is 19.3 Å². The maximum atomic E-state index is 12.4. The molecule has 18 heavy (non-hydrogen) atoms. The van der Waals surface area contributed by atoms with Gasteiger partial charge in [0.1, 0.15) is 0 Å². The van der Waals surface area contributed by atoms with Crippen LogP contribution in [-0.2, 0) is 10.0 Å². The van der Waals surface area contributed by atoms with Crippen molar-refractivity contribution < 1.29 is 8.42 Å². The Morgan fingerprint density at radius 3 is 2.22 bits per heavy atom. The Morgan fingerprint density at radius 1 is 1.22 bits per heavy atom. The van der Waals surface area contributed by atoms with Crippen LogP contribution in [-0.4, -0.2) is 26.3 Å². The Kier molecular flexibility index (Phi) is 4.08. The molecule has 0 saturated heterocycles. The van der Waals surface area contributed by atoms with E-state index in [0.717, 1.165) is 5.56 Å². The molecule has 0 radical (unpaired) electrons. The van der Waals surface area contributed by atoms with Crippen molar-refractivity contribution in [1.82, 2.24) is 4.31 Å². The van der Waals surface area contributed by atoms with Crippen molar-refractivity contribution in [2.45, 2.75) is 32.6 Å². The van der Waals surface area contributed by atoms with E-state index in [4.69, 9.17) is 5.73 Å². The fourth-order valence-electron chi connectivity index (χ4n) is 1.86. The molecule has 0 aromatic heterocycles. The zero-order valence-electron chi connectivity index (χ0n) is 11.7. The molecule has 0 amide bonds. The fourth-order valence-corrected chi connectivity index (χ4v) is 3.40. The zero-order chi connectivity index (χ0) is 14.1. The molecule has 4 nitrogen and oxygen atoms in total. The van der Waals surface area contributed by atoms with Gasteiger partial charge in [-0.15, -0.1) is 0 Å². The molecule has 2 N–H and O–H groups in total. The van der Waals surface area contributed by atoms with E-state index in [0.29, 0.717) is 12.2 Å². The van der Waals surface area contributed by atoms with Gasteiger partial charge >= 0.3 is 0 Å². The minimum Gasteiger partial charge on any atom is -0.399 e. The summed E-state index contributed by atoms with van der Waals surface area (Å²) in [5.74, 6) is 0. The highest BCUT2D eigenvalue weighted by atomic mass is 32.2. The van der Waals surface area contributed by atoms with Crippen molar-refractivity contribution >= 4 is 15.7 Å². The van der Waals surface area contributed by atoms with E-state index in [1.54, 1.807) is 19.2 Å². The van der Waals surface area contributed by atoms with Gasteiger partial charge in [0, 0.05) is 19.3 Å². The summed E-state index contributed by atoms with van der Waals surface area (Å²) in [7, 11) is -1.87. The number of nitrogens with zero attached hydrogens (tertiary/aromatic N) is 1. The van der Waals surface area contributed by atoms with Gasteiger partial charge in [-0.05, 0) is 36.1 Å². The van der Waals surface area contributed by atoms with Gasteiger partial charge in [-0.3, -0.25) is 0 Å². The molecule has 1 rings (SSSR count). The van der Waals surface area contributed by atoms with Crippen molar-refractivity contribution in [3.05, 3.63) is 23.8 Å². The normalized spacial score (nSPS) is 13.0. The predicted octanol–water partition coefficient (Wildman–Crippen LogP) is 2.24. The maximum Gasteiger partial charge on any atom is 0.242 e. The molecular formula is C13H22N2O2S. The minimum atomic E-state index is -3.46. The van der Waals surface area contributed by atoms with Crippen LogP contribution in [0.15, 0.2) is 23.1 Å². The quantitative estimate of drug-likeness (QED) is 0.857. The molecule has 0 atom stereocenters. The van der Waals surface area contributed by atoms with E-state index >= 15 is 0 Å². The third kappa shape index (κ3) is 3.71. The Bertz CT molecular complexity index is 510. The van der Waals surface area contributed by atoms with Crippen molar-refractivity contribution in [2.24, 2.45) is 5.41 Å². The van der Waals surface area contributed by atoms with Crippen molar-refractivity contribution in [3.63, 3.8) is 0 Å². The van der Waals surface area contributed by atoms with Gasteiger partial charge in [0.25, 0.3) is 0 Å². The molecule has 0 saturated carbocycles. The van der Waals surface area contributed by atoms with Crippen LogP contribution in [0, 0.1) is 12.3 Å². The van der Waals surface area contributed by atoms with Crippen LogP contribution in [0.5, 0.6) is 0 Å². The van der Waals surface area contributed by atoms with E-state index in [1.165, 1.54) is 10.4 Å². The fraction of sp³-hybridized carbons (Fsp3) is 0.538. The lowest BCUT2D eigenvalue weighted by Gasteiger charge is -2.26. The molecule has 0 aliphatic rings. The monoisotopic (exact) mass is 270 g/mol. The van der Waals surface area contributed by atoms with Crippen LogP contribution in [0.3, 0.4) is 0 Å². The van der Waals surface area contributed by atoms with Crippen LogP contribution >= 0.6 is 0 Å². The number of hydrogen-bond acceptors (Lipinski definition) is 3. The molecule has 0 unspecified atom stereocenters. The molecule has 0 bridgehead atoms. The Labute approximate surface area is 110 Å². The predicted molar refractivity (Wildman–Crippen MR) is 74.9 cm³/mol. The number of sulfonamides is 1. The number of aryl methyl sites for hydroxylation is 1. The first-order chi connectivity index (χ1) is 8.02. The van der Waals surface area contributed by atoms with E-state index in [2.05, 4.69) is 0 Å². The largest absolute Gasteiger partial charge is 0.399 e. The smallest absolute Gasteiger partial charge is 0.242 e. The summed E-state index contributed by atoms with van der Waals surface area (Å²) in [5.41, 5.74) is 6.93. The van der Waals surface area contributed by atoms with Gasteiger partial charge in [-0.1, -0.05) is 20.8 Å². The standard InChI is InChI=1S/C13H22N2O2S/c1-10-6-11(14)8-12(7-10)18(16,17)15(5)9-13(2,3)4/h6-8H,9,14H2,1-5H3. The summed E-state index contributed by atoms with van der Waals surface area (Å²) in [4.78, 5) is 0.256. The highest BCUT2D eigenvalue weighted by Gasteiger charge is 2.25. The van der Waals surface area contributed by atoms with Crippen LogP contribution in [0.25, 0.3) is 0 Å². The van der Waals surface area contributed by atoms with E-state index in [-0.39, 0.29) is 10.3 Å². The number of hydrogen-bond donors (Lipinski definition) is 1. The molecule has 102 valence electrons. The Hall–Kier alpha value is -1.07. The molecule has 1 aromatic rings. The van der Waals surface area contributed by atoms with Crippen LogP contribution in [0.1, 0.15) is 26.3 Å². The Balaban J connectivity index is 3.13. The average molecular weight is 270 g/mol. The summed E-state index contributed by atoms with van der Waals surface area (Å²) in [6.45, 7) is 8.30. The van der Waals surface area contributed by atoms with Gasteiger partial charge in [-0.25, -0.2) is 12.7 Å². The lowest BCUT2D eigenvalue weighted by Crippen LogP contribution is -2.34. The number of rotatable bonds is 3. The third-order valence-corrected chi connectivity index (χ3v) is 4.26. The second-order valence-corrected chi connectivity index (χ2v) is 7.95. The van der Waals surface area contributed by atoms with Gasteiger partial charge in [0.15, 0.2) is 0 Å². The van der Waals surface area contributed by atoms with Crippen molar-refractivity contribution in [1.29, 1.82) is 0 Å². The molecule has 1 aromatic carbocycles. The van der Waals surface area contributed by atoms with Crippen molar-refractivity contribution in [3.8, 4) is 0 Å². The second-order valence-electron chi connectivity index (χ2n) is 5.90. The first kappa shape index (κ1) is 15.0. The summed E-state index contributed by atoms with van der Waals surface area (Å²) in [6, 6.07) is 4.90. The molecule has 0 heterocycles. The van der Waals surface area contributed by atoms with Gasteiger partial charge in [0.2, 0.25) is 10.0 Å². The number of benzene rings is 1. The highest BCUT2D eigenvalue weighted by molar-refractivity contribution is 7.89. The molecule has 0 fully saturated rings. The maximum absolute atomic E-state index is 12.4. The SMILES string of the molecule is Cc1cc(N)cc(S(=O)(=O)N(C)CC(C)(C)C)c1. The average Bonchev–Trinajstić information content (AvgIpc) is 2.13. The van der Waals surface area contributed by atoms with Gasteiger partial charge in [0.05, 0.1) is 4.90 Å². The third-order valence-electron chi connectivity index (χ3n) is 2.48. The molecule has 0 spiro atoms. The first-order valence-corrected chi connectivity index (χ1v) is 7.30.